The number of nitrogens with zero attached hydrogens (tertiary/aromatic N) is 3. The third-order valence-corrected chi connectivity index (χ3v) is 6.01. The number of likely N-dealkylation sites (tertiary alicyclic amines) is 1. The number of rotatable bonds is 2. The van der Waals surface area contributed by atoms with Crippen LogP contribution >= 0.6 is 0 Å². The molecule has 24 heavy (non-hydrogen) atoms. The van der Waals surface area contributed by atoms with Gasteiger partial charge < -0.3 is 19.9 Å². The van der Waals surface area contributed by atoms with Crippen molar-refractivity contribution in [2.45, 2.75) is 57.7 Å². The fraction of sp³-hybridized carbons (Fsp3) is 0.778. The average Bonchev–Trinajstić information content (AvgIpc) is 3.20. The van der Waals surface area contributed by atoms with Gasteiger partial charge in [-0.15, -0.1) is 0 Å². The molecule has 0 aliphatic carbocycles. The van der Waals surface area contributed by atoms with Gasteiger partial charge in [0.15, 0.2) is 0 Å². The highest BCUT2D eigenvalue weighted by Gasteiger charge is 2.36. The van der Waals surface area contributed by atoms with Crippen molar-refractivity contribution in [1.29, 1.82) is 0 Å². The Labute approximate surface area is 143 Å². The SMILES string of the molecule is CC1CCn2c(C(=O)N3CCC([C@@H]4OCC[C@H]4N)CC3)cnc2C1. The highest BCUT2D eigenvalue weighted by Crippen LogP contribution is 2.29. The molecule has 3 aliphatic heterocycles. The monoisotopic (exact) mass is 332 g/mol. The van der Waals surface area contributed by atoms with Gasteiger partial charge in [-0.2, -0.15) is 0 Å². The molecule has 3 aliphatic rings. The number of imidazole rings is 1. The third-order valence-electron chi connectivity index (χ3n) is 6.01. The molecule has 1 unspecified atom stereocenters. The van der Waals surface area contributed by atoms with Gasteiger partial charge in [-0.3, -0.25) is 4.79 Å². The lowest BCUT2D eigenvalue weighted by molar-refractivity contribution is 0.0238. The third kappa shape index (κ3) is 2.86. The Balaban J connectivity index is 1.40. The van der Waals surface area contributed by atoms with Gasteiger partial charge in [0.1, 0.15) is 11.5 Å². The molecule has 6 nitrogen and oxygen atoms in total. The van der Waals surface area contributed by atoms with Crippen molar-refractivity contribution in [1.82, 2.24) is 14.5 Å². The van der Waals surface area contributed by atoms with Gasteiger partial charge in [-0.1, -0.05) is 6.92 Å². The van der Waals surface area contributed by atoms with Crippen molar-refractivity contribution in [3.8, 4) is 0 Å². The minimum Gasteiger partial charge on any atom is -0.376 e. The van der Waals surface area contributed by atoms with Crippen molar-refractivity contribution >= 4 is 5.91 Å². The van der Waals surface area contributed by atoms with E-state index in [-0.39, 0.29) is 18.1 Å². The Morgan fingerprint density at radius 1 is 1.25 bits per heavy atom. The quantitative estimate of drug-likeness (QED) is 0.889. The minimum atomic E-state index is 0.137. The molecule has 1 aromatic rings. The van der Waals surface area contributed by atoms with Crippen LogP contribution in [0.4, 0.5) is 0 Å². The molecule has 4 rings (SSSR count). The van der Waals surface area contributed by atoms with Crippen molar-refractivity contribution < 1.29 is 9.53 Å². The molecule has 0 bridgehead atoms. The van der Waals surface area contributed by atoms with Gasteiger partial charge in [0, 0.05) is 38.7 Å². The first kappa shape index (κ1) is 16.1. The lowest BCUT2D eigenvalue weighted by atomic mass is 9.88. The van der Waals surface area contributed by atoms with E-state index < -0.39 is 0 Å². The van der Waals surface area contributed by atoms with E-state index >= 15 is 0 Å². The first-order chi connectivity index (χ1) is 11.6. The summed E-state index contributed by atoms with van der Waals surface area (Å²) in [6.45, 7) is 5.55. The number of fused-ring (bicyclic) bond motifs is 1. The second-order valence-corrected chi connectivity index (χ2v) is 7.73. The molecular weight excluding hydrogens is 304 g/mol. The number of ether oxygens (including phenoxy) is 1. The molecule has 0 aromatic carbocycles. The number of aromatic nitrogens is 2. The molecule has 1 aromatic heterocycles. The number of piperidine rings is 1. The smallest absolute Gasteiger partial charge is 0.272 e. The number of amides is 1. The van der Waals surface area contributed by atoms with Gasteiger partial charge in [-0.05, 0) is 37.5 Å². The second kappa shape index (κ2) is 6.48. The van der Waals surface area contributed by atoms with Crippen LogP contribution < -0.4 is 5.73 Å². The van der Waals surface area contributed by atoms with Crippen LogP contribution in [-0.4, -0.2) is 52.2 Å². The summed E-state index contributed by atoms with van der Waals surface area (Å²) in [7, 11) is 0. The van der Waals surface area contributed by atoms with Crippen LogP contribution in [-0.2, 0) is 17.7 Å². The lowest BCUT2D eigenvalue weighted by Crippen LogP contribution is -2.45. The Kier molecular flexibility index (Phi) is 4.35. The number of hydrogen-bond acceptors (Lipinski definition) is 4. The molecule has 0 saturated carbocycles. The molecule has 6 heteroatoms. The molecular formula is C18H28N4O2. The Hall–Kier alpha value is -1.40. The van der Waals surface area contributed by atoms with E-state index in [1.807, 2.05) is 4.90 Å². The molecule has 132 valence electrons. The predicted molar refractivity (Wildman–Crippen MR) is 90.7 cm³/mol. The van der Waals surface area contributed by atoms with Crippen molar-refractivity contribution in [2.75, 3.05) is 19.7 Å². The average molecular weight is 332 g/mol. The molecule has 2 saturated heterocycles. The number of nitrogens with two attached hydrogens (primary N) is 1. The molecule has 0 spiro atoms. The summed E-state index contributed by atoms with van der Waals surface area (Å²) in [6, 6.07) is 0.168. The zero-order chi connectivity index (χ0) is 16.7. The van der Waals surface area contributed by atoms with Crippen LogP contribution in [0, 0.1) is 11.8 Å². The highest BCUT2D eigenvalue weighted by atomic mass is 16.5. The van der Waals surface area contributed by atoms with E-state index in [0.29, 0.717) is 11.8 Å². The summed E-state index contributed by atoms with van der Waals surface area (Å²) in [5, 5.41) is 0. The largest absolute Gasteiger partial charge is 0.376 e. The molecule has 0 radical (unpaired) electrons. The van der Waals surface area contributed by atoms with E-state index in [1.165, 1.54) is 0 Å². The van der Waals surface area contributed by atoms with E-state index in [2.05, 4.69) is 16.5 Å². The maximum Gasteiger partial charge on any atom is 0.272 e. The maximum atomic E-state index is 12.9. The first-order valence-corrected chi connectivity index (χ1v) is 9.34. The van der Waals surface area contributed by atoms with Crippen LogP contribution in [0.25, 0.3) is 0 Å². The summed E-state index contributed by atoms with van der Waals surface area (Å²) in [5.41, 5.74) is 6.92. The van der Waals surface area contributed by atoms with Crippen LogP contribution in [0.3, 0.4) is 0 Å². The highest BCUT2D eigenvalue weighted by molar-refractivity contribution is 5.92. The summed E-state index contributed by atoms with van der Waals surface area (Å²) in [5.74, 6) is 2.36. The summed E-state index contributed by atoms with van der Waals surface area (Å²) < 4.78 is 7.94. The Morgan fingerprint density at radius 3 is 2.75 bits per heavy atom. The molecule has 2 N–H and O–H groups in total. The van der Waals surface area contributed by atoms with Crippen LogP contribution in [0.15, 0.2) is 6.20 Å². The number of carbonyl (C=O) groups excluding carboxylic acids is 1. The lowest BCUT2D eigenvalue weighted by Gasteiger charge is -2.35. The molecule has 1 amide bonds. The first-order valence-electron chi connectivity index (χ1n) is 9.34. The fourth-order valence-corrected chi connectivity index (χ4v) is 4.47. The molecule has 2 fully saturated rings. The van der Waals surface area contributed by atoms with Gasteiger partial charge in [0.25, 0.3) is 5.91 Å². The normalized spacial score (nSPS) is 31.2. The molecule has 4 heterocycles. The van der Waals surface area contributed by atoms with Crippen LogP contribution in [0.5, 0.6) is 0 Å². The maximum absolute atomic E-state index is 12.9. The van der Waals surface area contributed by atoms with Crippen LogP contribution in [0.2, 0.25) is 0 Å². The summed E-state index contributed by atoms with van der Waals surface area (Å²) >= 11 is 0. The van der Waals surface area contributed by atoms with E-state index in [0.717, 1.165) is 69.9 Å². The zero-order valence-corrected chi connectivity index (χ0v) is 14.5. The molecule has 3 atom stereocenters. The zero-order valence-electron chi connectivity index (χ0n) is 14.5. The van der Waals surface area contributed by atoms with E-state index in [4.69, 9.17) is 10.5 Å². The minimum absolute atomic E-state index is 0.137. The van der Waals surface area contributed by atoms with Crippen molar-refractivity contribution in [3.63, 3.8) is 0 Å². The van der Waals surface area contributed by atoms with Gasteiger partial charge in [-0.25, -0.2) is 4.98 Å². The Bertz CT molecular complexity index is 606. The summed E-state index contributed by atoms with van der Waals surface area (Å²) in [6.07, 6.45) is 7.01. The Morgan fingerprint density at radius 2 is 2.04 bits per heavy atom. The fourth-order valence-electron chi connectivity index (χ4n) is 4.47. The second-order valence-electron chi connectivity index (χ2n) is 7.73. The van der Waals surface area contributed by atoms with Gasteiger partial charge >= 0.3 is 0 Å². The van der Waals surface area contributed by atoms with E-state index in [1.54, 1.807) is 6.20 Å². The van der Waals surface area contributed by atoms with Crippen molar-refractivity contribution in [3.05, 3.63) is 17.7 Å². The van der Waals surface area contributed by atoms with Crippen LogP contribution in [0.1, 0.15) is 48.9 Å². The predicted octanol–water partition coefficient (Wildman–Crippen LogP) is 1.43. The number of hydrogen-bond donors (Lipinski definition) is 1. The van der Waals surface area contributed by atoms with Gasteiger partial charge in [0.2, 0.25) is 0 Å². The van der Waals surface area contributed by atoms with Crippen molar-refractivity contribution in [2.24, 2.45) is 17.6 Å². The van der Waals surface area contributed by atoms with E-state index in [9.17, 15) is 4.79 Å². The number of carbonyl (C=O) groups is 1. The summed E-state index contributed by atoms with van der Waals surface area (Å²) in [4.78, 5) is 19.4. The standard InChI is InChI=1S/C18H28N4O2/c1-12-2-8-22-15(11-20-16(22)10-12)18(23)21-6-3-13(4-7-21)17-14(19)5-9-24-17/h11-14,17H,2-10,19H2,1H3/t12?,14-,17+/m1/s1. The topological polar surface area (TPSA) is 73.4 Å². The van der Waals surface area contributed by atoms with Gasteiger partial charge in [0.05, 0.1) is 12.3 Å².